The molecule has 0 saturated carbocycles. The standard InChI is InChI=1S/C11H8Cl2O4/c1-17-11(16)10(15)5-9(14)7-4-6(12)2-3-8(7)13/h2-5,15H,1H3/b10-5-. The molecule has 0 aliphatic carbocycles. The Labute approximate surface area is 107 Å². The van der Waals surface area contributed by atoms with Crippen molar-refractivity contribution in [2.45, 2.75) is 0 Å². The van der Waals surface area contributed by atoms with E-state index < -0.39 is 17.5 Å². The molecule has 0 fully saturated rings. The number of rotatable bonds is 3. The highest BCUT2D eigenvalue weighted by atomic mass is 35.5. The number of methoxy groups -OCH3 is 1. The molecule has 1 aromatic carbocycles. The lowest BCUT2D eigenvalue weighted by Gasteiger charge is -2.01. The molecule has 6 heteroatoms. The van der Waals surface area contributed by atoms with Gasteiger partial charge in [0.25, 0.3) is 0 Å². The average Bonchev–Trinajstić information content (AvgIpc) is 2.30. The van der Waals surface area contributed by atoms with E-state index in [1.54, 1.807) is 0 Å². The van der Waals surface area contributed by atoms with Crippen LogP contribution in [-0.4, -0.2) is 24.0 Å². The number of halogens is 2. The van der Waals surface area contributed by atoms with E-state index in [0.717, 1.165) is 13.2 Å². The molecule has 0 unspecified atom stereocenters. The minimum atomic E-state index is -1.00. The van der Waals surface area contributed by atoms with E-state index in [9.17, 15) is 14.7 Å². The fourth-order valence-electron chi connectivity index (χ4n) is 1.05. The number of ether oxygens (including phenoxy) is 1. The van der Waals surface area contributed by atoms with Gasteiger partial charge in [-0.05, 0) is 18.2 Å². The highest BCUT2D eigenvalue weighted by molar-refractivity contribution is 6.36. The summed E-state index contributed by atoms with van der Waals surface area (Å²) in [6.45, 7) is 0. The van der Waals surface area contributed by atoms with Crippen LogP contribution < -0.4 is 0 Å². The third kappa shape index (κ3) is 3.47. The second-order valence-electron chi connectivity index (χ2n) is 3.01. The van der Waals surface area contributed by atoms with Gasteiger partial charge in [-0.25, -0.2) is 4.79 Å². The van der Waals surface area contributed by atoms with Crippen LogP contribution in [-0.2, 0) is 9.53 Å². The van der Waals surface area contributed by atoms with Crippen molar-refractivity contribution < 1.29 is 19.4 Å². The Kier molecular flexibility index (Phi) is 4.54. The minimum Gasteiger partial charge on any atom is -0.502 e. The maximum absolute atomic E-state index is 11.7. The average molecular weight is 275 g/mol. The van der Waals surface area contributed by atoms with Crippen LogP contribution in [0.1, 0.15) is 10.4 Å². The highest BCUT2D eigenvalue weighted by Crippen LogP contribution is 2.21. The van der Waals surface area contributed by atoms with Crippen LogP contribution in [0.3, 0.4) is 0 Å². The molecule has 0 saturated heterocycles. The number of carbonyl (C=O) groups is 2. The number of allylic oxidation sites excluding steroid dienone is 1. The number of aliphatic hydroxyl groups is 1. The molecule has 0 aliphatic heterocycles. The van der Waals surface area contributed by atoms with Gasteiger partial charge >= 0.3 is 5.97 Å². The number of hydrogen-bond donors (Lipinski definition) is 1. The Morgan fingerprint density at radius 2 is 2.00 bits per heavy atom. The quantitative estimate of drug-likeness (QED) is 0.398. The molecule has 4 nitrogen and oxygen atoms in total. The molecule has 0 radical (unpaired) electrons. The lowest BCUT2D eigenvalue weighted by Crippen LogP contribution is -2.07. The Balaban J connectivity index is 3.05. The summed E-state index contributed by atoms with van der Waals surface area (Å²) in [7, 11) is 1.09. The zero-order valence-electron chi connectivity index (χ0n) is 8.74. The number of carbonyl (C=O) groups excluding carboxylic acids is 2. The fourth-order valence-corrected chi connectivity index (χ4v) is 1.43. The summed E-state index contributed by atoms with van der Waals surface area (Å²) in [6.07, 6.45) is 0.726. The molecule has 1 rings (SSSR count). The Bertz CT molecular complexity index is 494. The predicted octanol–water partition coefficient (Wildman–Crippen LogP) is 2.79. The summed E-state index contributed by atoms with van der Waals surface area (Å²) in [4.78, 5) is 22.5. The number of hydrogen-bond acceptors (Lipinski definition) is 4. The smallest absolute Gasteiger partial charge is 0.373 e. The third-order valence-electron chi connectivity index (χ3n) is 1.86. The summed E-state index contributed by atoms with van der Waals surface area (Å²) in [5.74, 6) is -2.44. The first-order chi connectivity index (χ1) is 7.95. The monoisotopic (exact) mass is 274 g/mol. The molecule has 1 N–H and O–H groups in total. The summed E-state index contributed by atoms with van der Waals surface area (Å²) < 4.78 is 4.23. The maximum Gasteiger partial charge on any atom is 0.373 e. The Morgan fingerprint density at radius 3 is 2.59 bits per heavy atom. The van der Waals surface area contributed by atoms with E-state index in [1.165, 1.54) is 18.2 Å². The van der Waals surface area contributed by atoms with Crippen molar-refractivity contribution in [1.29, 1.82) is 0 Å². The molecule has 0 aromatic heterocycles. The molecule has 0 amide bonds. The summed E-state index contributed by atoms with van der Waals surface area (Å²) in [5.41, 5.74) is 0.0922. The Morgan fingerprint density at radius 1 is 1.35 bits per heavy atom. The summed E-state index contributed by atoms with van der Waals surface area (Å²) in [6, 6.07) is 4.30. The molecule has 0 aliphatic rings. The van der Waals surface area contributed by atoms with Gasteiger partial charge in [-0.1, -0.05) is 23.2 Å². The molecule has 0 heterocycles. The summed E-state index contributed by atoms with van der Waals surface area (Å²) >= 11 is 11.5. The van der Waals surface area contributed by atoms with Crippen molar-refractivity contribution >= 4 is 35.0 Å². The first-order valence-electron chi connectivity index (χ1n) is 4.44. The van der Waals surface area contributed by atoms with Gasteiger partial charge in [0.1, 0.15) is 0 Å². The second kappa shape index (κ2) is 5.70. The van der Waals surface area contributed by atoms with E-state index in [4.69, 9.17) is 23.2 Å². The highest BCUT2D eigenvalue weighted by Gasteiger charge is 2.13. The number of esters is 1. The fraction of sp³-hybridized carbons (Fsp3) is 0.0909. The predicted molar refractivity (Wildman–Crippen MR) is 63.5 cm³/mol. The van der Waals surface area contributed by atoms with Crippen LogP contribution in [0.2, 0.25) is 10.0 Å². The van der Waals surface area contributed by atoms with E-state index in [2.05, 4.69) is 4.74 Å². The van der Waals surface area contributed by atoms with Crippen molar-refractivity contribution in [2.75, 3.05) is 7.11 Å². The SMILES string of the molecule is COC(=O)/C(O)=C/C(=O)c1cc(Cl)ccc1Cl. The maximum atomic E-state index is 11.7. The van der Waals surface area contributed by atoms with E-state index in [-0.39, 0.29) is 10.6 Å². The topological polar surface area (TPSA) is 63.6 Å². The van der Waals surface area contributed by atoms with E-state index >= 15 is 0 Å². The normalized spacial score (nSPS) is 11.1. The van der Waals surface area contributed by atoms with Crippen molar-refractivity contribution in [3.63, 3.8) is 0 Å². The van der Waals surface area contributed by atoms with Crippen molar-refractivity contribution in [3.05, 3.63) is 45.6 Å². The molecular weight excluding hydrogens is 267 g/mol. The van der Waals surface area contributed by atoms with Gasteiger partial charge in [0, 0.05) is 16.7 Å². The molecule has 0 atom stereocenters. The zero-order valence-corrected chi connectivity index (χ0v) is 10.2. The van der Waals surface area contributed by atoms with Crippen LogP contribution in [0.25, 0.3) is 0 Å². The first kappa shape index (κ1) is 13.5. The van der Waals surface area contributed by atoms with Crippen LogP contribution in [0.4, 0.5) is 0 Å². The number of benzene rings is 1. The molecule has 0 spiro atoms. The number of ketones is 1. The van der Waals surface area contributed by atoms with Crippen molar-refractivity contribution in [2.24, 2.45) is 0 Å². The van der Waals surface area contributed by atoms with Gasteiger partial charge in [0.15, 0.2) is 5.78 Å². The lowest BCUT2D eigenvalue weighted by atomic mass is 10.1. The van der Waals surface area contributed by atoms with Crippen LogP contribution in [0.5, 0.6) is 0 Å². The van der Waals surface area contributed by atoms with Gasteiger partial charge < -0.3 is 9.84 Å². The van der Waals surface area contributed by atoms with Gasteiger partial charge in [-0.2, -0.15) is 0 Å². The second-order valence-corrected chi connectivity index (χ2v) is 3.85. The minimum absolute atomic E-state index is 0.0922. The van der Waals surface area contributed by atoms with Gasteiger partial charge in [-0.15, -0.1) is 0 Å². The van der Waals surface area contributed by atoms with Gasteiger partial charge in [0.05, 0.1) is 12.1 Å². The van der Waals surface area contributed by atoms with Crippen LogP contribution in [0, 0.1) is 0 Å². The van der Waals surface area contributed by atoms with Crippen LogP contribution >= 0.6 is 23.2 Å². The molecule has 1 aromatic rings. The molecular formula is C11H8Cl2O4. The van der Waals surface area contributed by atoms with E-state index in [1.807, 2.05) is 0 Å². The number of aliphatic hydroxyl groups excluding tert-OH is 1. The van der Waals surface area contributed by atoms with Gasteiger partial charge in [-0.3, -0.25) is 4.79 Å². The lowest BCUT2D eigenvalue weighted by molar-refractivity contribution is -0.139. The van der Waals surface area contributed by atoms with E-state index in [0.29, 0.717) is 5.02 Å². The Hall–Kier alpha value is -1.52. The molecule has 90 valence electrons. The first-order valence-corrected chi connectivity index (χ1v) is 5.19. The molecule has 17 heavy (non-hydrogen) atoms. The third-order valence-corrected chi connectivity index (χ3v) is 2.42. The van der Waals surface area contributed by atoms with Crippen LogP contribution in [0.15, 0.2) is 30.0 Å². The largest absolute Gasteiger partial charge is 0.502 e. The zero-order chi connectivity index (χ0) is 13.0. The van der Waals surface area contributed by atoms with Crippen molar-refractivity contribution in [1.82, 2.24) is 0 Å². The van der Waals surface area contributed by atoms with Crippen molar-refractivity contribution in [3.8, 4) is 0 Å². The molecule has 0 bridgehead atoms. The summed E-state index contributed by atoms with van der Waals surface area (Å²) in [5, 5.41) is 9.70. The van der Waals surface area contributed by atoms with Gasteiger partial charge in [0.2, 0.25) is 5.76 Å².